The first kappa shape index (κ1) is 10.2. The van der Waals surface area contributed by atoms with Crippen LogP contribution in [0.15, 0.2) is 17.3 Å². The van der Waals surface area contributed by atoms with Gasteiger partial charge in [0, 0.05) is 10.6 Å². The molecule has 0 aromatic heterocycles. The molecule has 0 fully saturated rings. The van der Waals surface area contributed by atoms with Gasteiger partial charge in [-0.1, -0.05) is 28.4 Å². The molecule has 0 aliphatic rings. The minimum Gasteiger partial charge on any atom is -0.506 e. The molecule has 5 heteroatoms. The van der Waals surface area contributed by atoms with Crippen molar-refractivity contribution in [1.29, 1.82) is 0 Å². The van der Waals surface area contributed by atoms with Crippen LogP contribution in [0.5, 0.6) is 5.75 Å². The molecule has 3 nitrogen and oxygen atoms in total. The summed E-state index contributed by atoms with van der Waals surface area (Å²) in [5.41, 5.74) is 0.571. The Balaban J connectivity index is 3.37. The zero-order valence-corrected chi connectivity index (χ0v) is 8.26. The molecule has 1 aromatic rings. The van der Waals surface area contributed by atoms with E-state index < -0.39 is 0 Å². The number of oxime groups is 1. The van der Waals surface area contributed by atoms with E-state index in [1.54, 1.807) is 0 Å². The second-order valence-corrected chi connectivity index (χ2v) is 3.31. The SMILES string of the molecule is CC(=NO)c1cc(Cl)cc(Cl)c1O. The van der Waals surface area contributed by atoms with Gasteiger partial charge in [0.05, 0.1) is 10.7 Å². The summed E-state index contributed by atoms with van der Waals surface area (Å²) >= 11 is 11.3. The standard InChI is InChI=1S/C8H7Cl2NO2/c1-4(11-13)6-2-5(9)3-7(10)8(6)12/h2-3,12-13H,1H3. The van der Waals surface area contributed by atoms with Crippen LogP contribution in [0.2, 0.25) is 10.0 Å². The van der Waals surface area contributed by atoms with Crippen molar-refractivity contribution in [3.8, 4) is 5.75 Å². The maximum Gasteiger partial charge on any atom is 0.143 e. The van der Waals surface area contributed by atoms with Crippen LogP contribution in [0.25, 0.3) is 0 Å². The van der Waals surface area contributed by atoms with Gasteiger partial charge in [0.25, 0.3) is 0 Å². The molecule has 0 heterocycles. The van der Waals surface area contributed by atoms with Gasteiger partial charge < -0.3 is 10.3 Å². The average molecular weight is 220 g/mol. The Hall–Kier alpha value is -0.930. The highest BCUT2D eigenvalue weighted by atomic mass is 35.5. The van der Waals surface area contributed by atoms with E-state index in [0.717, 1.165) is 0 Å². The molecular formula is C8H7Cl2NO2. The van der Waals surface area contributed by atoms with Gasteiger partial charge in [-0.2, -0.15) is 0 Å². The number of aromatic hydroxyl groups is 1. The monoisotopic (exact) mass is 219 g/mol. The molecule has 2 N–H and O–H groups in total. The Labute approximate surface area is 85.2 Å². The molecule has 0 bridgehead atoms. The van der Waals surface area contributed by atoms with Gasteiger partial charge in [0.1, 0.15) is 5.75 Å². The predicted octanol–water partition coefficient (Wildman–Crippen LogP) is 2.90. The zero-order chi connectivity index (χ0) is 10.0. The molecule has 0 saturated carbocycles. The average Bonchev–Trinajstić information content (AvgIpc) is 2.10. The van der Waals surface area contributed by atoms with E-state index in [4.69, 9.17) is 28.4 Å². The Morgan fingerprint density at radius 3 is 2.54 bits per heavy atom. The Bertz CT molecular complexity index is 363. The summed E-state index contributed by atoms with van der Waals surface area (Å²) in [6.07, 6.45) is 0. The third-order valence-electron chi connectivity index (χ3n) is 1.57. The number of rotatable bonds is 1. The topological polar surface area (TPSA) is 52.8 Å². The third kappa shape index (κ3) is 2.05. The number of nitrogens with zero attached hydrogens (tertiary/aromatic N) is 1. The summed E-state index contributed by atoms with van der Waals surface area (Å²) in [6, 6.07) is 2.88. The Morgan fingerprint density at radius 1 is 1.38 bits per heavy atom. The molecule has 0 radical (unpaired) electrons. The van der Waals surface area contributed by atoms with Crippen LogP contribution in [0.1, 0.15) is 12.5 Å². The van der Waals surface area contributed by atoms with Crippen LogP contribution in [0.4, 0.5) is 0 Å². The molecule has 1 rings (SSSR count). The number of phenols is 1. The summed E-state index contributed by atoms with van der Waals surface area (Å²) < 4.78 is 0. The quantitative estimate of drug-likeness (QED) is 0.434. The fraction of sp³-hybridized carbons (Fsp3) is 0.125. The van der Waals surface area contributed by atoms with E-state index in [1.807, 2.05) is 0 Å². The molecule has 0 spiro atoms. The lowest BCUT2D eigenvalue weighted by atomic mass is 10.1. The van der Waals surface area contributed by atoms with Crippen molar-refractivity contribution in [1.82, 2.24) is 0 Å². The van der Waals surface area contributed by atoms with Crippen LogP contribution >= 0.6 is 23.2 Å². The highest BCUT2D eigenvalue weighted by Crippen LogP contribution is 2.31. The first-order valence-electron chi connectivity index (χ1n) is 3.43. The number of halogens is 2. The van der Waals surface area contributed by atoms with Crippen molar-refractivity contribution in [2.75, 3.05) is 0 Å². The fourth-order valence-electron chi connectivity index (χ4n) is 0.896. The van der Waals surface area contributed by atoms with E-state index in [2.05, 4.69) is 5.16 Å². The van der Waals surface area contributed by atoms with E-state index in [-0.39, 0.29) is 16.5 Å². The van der Waals surface area contributed by atoms with E-state index in [9.17, 15) is 5.11 Å². The summed E-state index contributed by atoms with van der Waals surface area (Å²) in [5.74, 6) is -0.138. The lowest BCUT2D eigenvalue weighted by Gasteiger charge is -2.04. The lowest BCUT2D eigenvalue weighted by Crippen LogP contribution is -1.95. The van der Waals surface area contributed by atoms with E-state index in [1.165, 1.54) is 19.1 Å². The summed E-state index contributed by atoms with van der Waals surface area (Å²) in [4.78, 5) is 0. The van der Waals surface area contributed by atoms with Crippen molar-refractivity contribution in [3.05, 3.63) is 27.7 Å². The van der Waals surface area contributed by atoms with Crippen LogP contribution < -0.4 is 0 Å². The maximum atomic E-state index is 9.44. The van der Waals surface area contributed by atoms with Crippen molar-refractivity contribution in [2.24, 2.45) is 5.16 Å². The van der Waals surface area contributed by atoms with Crippen LogP contribution in [0.3, 0.4) is 0 Å². The predicted molar refractivity (Wildman–Crippen MR) is 52.1 cm³/mol. The zero-order valence-electron chi connectivity index (χ0n) is 6.75. The van der Waals surface area contributed by atoms with Gasteiger partial charge in [0.15, 0.2) is 0 Å². The molecular weight excluding hydrogens is 213 g/mol. The molecule has 70 valence electrons. The molecule has 0 amide bonds. The highest BCUT2D eigenvalue weighted by Gasteiger charge is 2.10. The van der Waals surface area contributed by atoms with Crippen LogP contribution in [-0.2, 0) is 0 Å². The minimum absolute atomic E-state index is 0.130. The summed E-state index contributed by atoms with van der Waals surface area (Å²) in [5, 5.41) is 21.4. The fourth-order valence-corrected chi connectivity index (χ4v) is 1.39. The van der Waals surface area contributed by atoms with E-state index >= 15 is 0 Å². The summed E-state index contributed by atoms with van der Waals surface area (Å²) in [7, 11) is 0. The van der Waals surface area contributed by atoms with Gasteiger partial charge in [-0.25, -0.2) is 0 Å². The molecule has 13 heavy (non-hydrogen) atoms. The van der Waals surface area contributed by atoms with Crippen molar-refractivity contribution >= 4 is 28.9 Å². The van der Waals surface area contributed by atoms with Crippen molar-refractivity contribution in [3.63, 3.8) is 0 Å². The van der Waals surface area contributed by atoms with Gasteiger partial charge in [0.2, 0.25) is 0 Å². The normalized spacial score (nSPS) is 11.8. The van der Waals surface area contributed by atoms with Gasteiger partial charge in [-0.15, -0.1) is 0 Å². The van der Waals surface area contributed by atoms with Crippen molar-refractivity contribution in [2.45, 2.75) is 6.92 Å². The smallest absolute Gasteiger partial charge is 0.143 e. The first-order valence-corrected chi connectivity index (χ1v) is 4.19. The van der Waals surface area contributed by atoms with Crippen LogP contribution in [0, 0.1) is 0 Å². The number of phenolic OH excluding ortho intramolecular Hbond substituents is 1. The highest BCUT2D eigenvalue weighted by molar-refractivity contribution is 6.36. The van der Waals surface area contributed by atoms with Gasteiger partial charge >= 0.3 is 0 Å². The molecule has 0 aliphatic carbocycles. The van der Waals surface area contributed by atoms with Gasteiger partial charge in [-0.3, -0.25) is 0 Å². The molecule has 0 saturated heterocycles. The number of hydrogen-bond acceptors (Lipinski definition) is 3. The van der Waals surface area contributed by atoms with Crippen molar-refractivity contribution < 1.29 is 10.3 Å². The molecule has 0 unspecified atom stereocenters. The molecule has 1 aromatic carbocycles. The Kier molecular flexibility index (Phi) is 3.01. The van der Waals surface area contributed by atoms with E-state index in [0.29, 0.717) is 10.6 Å². The summed E-state index contributed by atoms with van der Waals surface area (Å²) in [6.45, 7) is 1.53. The lowest BCUT2D eigenvalue weighted by molar-refractivity contribution is 0.318. The second-order valence-electron chi connectivity index (χ2n) is 2.47. The van der Waals surface area contributed by atoms with Crippen LogP contribution in [-0.4, -0.2) is 16.0 Å². The molecule has 0 aliphatic heterocycles. The maximum absolute atomic E-state index is 9.44. The third-order valence-corrected chi connectivity index (χ3v) is 2.07. The number of hydrogen-bond donors (Lipinski definition) is 2. The Morgan fingerprint density at radius 2 is 2.00 bits per heavy atom. The second kappa shape index (κ2) is 3.85. The van der Waals surface area contributed by atoms with Gasteiger partial charge in [-0.05, 0) is 19.1 Å². The molecule has 0 atom stereocenters. The largest absolute Gasteiger partial charge is 0.506 e. The minimum atomic E-state index is -0.138. The first-order chi connectivity index (χ1) is 6.06. The number of benzene rings is 1.